The molecular formula is C22H34N4O2. The second-order valence-electron chi connectivity index (χ2n) is 8.21. The molecule has 1 N–H and O–H groups in total. The van der Waals surface area contributed by atoms with Gasteiger partial charge in [0.15, 0.2) is 0 Å². The lowest BCUT2D eigenvalue weighted by Crippen LogP contribution is -2.49. The van der Waals surface area contributed by atoms with E-state index in [-0.39, 0.29) is 11.9 Å². The zero-order chi connectivity index (χ0) is 19.9. The lowest BCUT2D eigenvalue weighted by molar-refractivity contribution is -0.138. The molecule has 1 aromatic rings. The summed E-state index contributed by atoms with van der Waals surface area (Å²) in [5, 5.41) is 3.24. The zero-order valence-corrected chi connectivity index (χ0v) is 17.3. The third-order valence-electron chi connectivity index (χ3n) is 6.12. The summed E-state index contributed by atoms with van der Waals surface area (Å²) in [6, 6.07) is 10.1. The molecule has 28 heavy (non-hydrogen) atoms. The van der Waals surface area contributed by atoms with E-state index in [1.165, 1.54) is 0 Å². The number of carbonyl (C=O) groups excluding carboxylic acids is 2. The minimum Gasteiger partial charge on any atom is -0.342 e. The van der Waals surface area contributed by atoms with Crippen molar-refractivity contribution in [2.24, 2.45) is 11.8 Å². The molecule has 0 radical (unpaired) electrons. The van der Waals surface area contributed by atoms with Gasteiger partial charge in [-0.3, -0.25) is 4.79 Å². The molecule has 6 nitrogen and oxygen atoms in total. The Kier molecular flexibility index (Phi) is 7.31. The highest BCUT2D eigenvalue weighted by molar-refractivity contribution is 5.80. The largest absolute Gasteiger partial charge is 0.342 e. The van der Waals surface area contributed by atoms with E-state index < -0.39 is 0 Å². The number of nitrogens with one attached hydrogen (secondary N) is 1. The summed E-state index contributed by atoms with van der Waals surface area (Å²) in [6.07, 6.45) is 3.74. The Hall–Kier alpha value is -2.08. The first kappa shape index (κ1) is 20.6. The summed E-state index contributed by atoms with van der Waals surface area (Å²) in [4.78, 5) is 31.3. The number of hydrogen-bond donors (Lipinski definition) is 1. The molecule has 3 rings (SSSR count). The van der Waals surface area contributed by atoms with E-state index in [0.717, 1.165) is 50.9 Å². The minimum absolute atomic E-state index is 0.0580. The summed E-state index contributed by atoms with van der Waals surface area (Å²) in [7, 11) is 3.84. The number of nitrogens with zero attached hydrogens (tertiary/aromatic N) is 3. The van der Waals surface area contributed by atoms with E-state index in [1.807, 2.05) is 49.3 Å². The Morgan fingerprint density at radius 2 is 1.61 bits per heavy atom. The number of likely N-dealkylation sites (tertiary alicyclic amines) is 2. The predicted molar refractivity (Wildman–Crippen MR) is 111 cm³/mol. The third kappa shape index (κ3) is 5.25. The summed E-state index contributed by atoms with van der Waals surface area (Å²) in [5.41, 5.74) is 1.13. The maximum absolute atomic E-state index is 12.9. The van der Waals surface area contributed by atoms with E-state index in [2.05, 4.69) is 10.2 Å². The smallest absolute Gasteiger partial charge is 0.320 e. The molecule has 0 atom stereocenters. The van der Waals surface area contributed by atoms with Gasteiger partial charge in [0.1, 0.15) is 0 Å². The van der Waals surface area contributed by atoms with Gasteiger partial charge in [0.25, 0.3) is 0 Å². The molecule has 0 aliphatic carbocycles. The van der Waals surface area contributed by atoms with E-state index >= 15 is 0 Å². The van der Waals surface area contributed by atoms with E-state index in [4.69, 9.17) is 0 Å². The fourth-order valence-corrected chi connectivity index (χ4v) is 4.39. The molecule has 1 aromatic carbocycles. The molecule has 0 spiro atoms. The fourth-order valence-electron chi connectivity index (χ4n) is 4.39. The normalized spacial score (nSPS) is 18.9. The van der Waals surface area contributed by atoms with Gasteiger partial charge in [0.05, 0.1) is 0 Å². The van der Waals surface area contributed by atoms with Gasteiger partial charge in [-0.2, -0.15) is 0 Å². The average Bonchev–Trinajstić information content (AvgIpc) is 2.74. The summed E-state index contributed by atoms with van der Waals surface area (Å²) >= 11 is 0. The minimum atomic E-state index is 0.0580. The number of piperidine rings is 2. The Morgan fingerprint density at radius 1 is 1.00 bits per heavy atom. The molecule has 2 heterocycles. The van der Waals surface area contributed by atoms with Gasteiger partial charge in [-0.15, -0.1) is 0 Å². The Balaban J connectivity index is 1.43. The first-order chi connectivity index (χ1) is 13.6. The average molecular weight is 387 g/mol. The molecule has 0 aromatic heterocycles. The number of rotatable bonds is 5. The van der Waals surface area contributed by atoms with Crippen LogP contribution in [0.3, 0.4) is 0 Å². The van der Waals surface area contributed by atoms with E-state index in [0.29, 0.717) is 31.5 Å². The van der Waals surface area contributed by atoms with Crippen molar-refractivity contribution in [3.05, 3.63) is 35.9 Å². The molecule has 2 saturated heterocycles. The first-order valence-corrected chi connectivity index (χ1v) is 10.6. The molecule has 0 unspecified atom stereocenters. The van der Waals surface area contributed by atoms with Crippen LogP contribution in [-0.4, -0.2) is 73.5 Å². The van der Waals surface area contributed by atoms with Crippen LogP contribution in [0.4, 0.5) is 4.79 Å². The van der Waals surface area contributed by atoms with Crippen LogP contribution in [-0.2, 0) is 11.3 Å². The van der Waals surface area contributed by atoms with Crippen molar-refractivity contribution in [1.82, 2.24) is 20.0 Å². The third-order valence-corrected chi connectivity index (χ3v) is 6.12. The Bertz CT molecular complexity index is 635. The lowest BCUT2D eigenvalue weighted by Gasteiger charge is -2.38. The maximum Gasteiger partial charge on any atom is 0.320 e. The lowest BCUT2D eigenvalue weighted by atomic mass is 9.92. The molecule has 3 amide bonds. The van der Waals surface area contributed by atoms with Gasteiger partial charge in [-0.1, -0.05) is 30.3 Å². The highest BCUT2D eigenvalue weighted by Crippen LogP contribution is 2.24. The second kappa shape index (κ2) is 9.92. The SMILES string of the molecule is CNCC1CCN(C(=O)C2CCN(C(=O)N(C)Cc3ccccc3)CC2)CC1. The number of hydrogen-bond acceptors (Lipinski definition) is 3. The fraction of sp³-hybridized carbons (Fsp3) is 0.636. The van der Waals surface area contributed by atoms with Crippen molar-refractivity contribution in [3.63, 3.8) is 0 Å². The van der Waals surface area contributed by atoms with Crippen molar-refractivity contribution in [2.75, 3.05) is 46.8 Å². The zero-order valence-electron chi connectivity index (χ0n) is 17.3. The summed E-state index contributed by atoms with van der Waals surface area (Å²) in [6.45, 7) is 4.75. The van der Waals surface area contributed by atoms with E-state index in [1.54, 1.807) is 4.90 Å². The Morgan fingerprint density at radius 3 is 2.21 bits per heavy atom. The quantitative estimate of drug-likeness (QED) is 0.846. The maximum atomic E-state index is 12.9. The van der Waals surface area contributed by atoms with Crippen molar-refractivity contribution in [3.8, 4) is 0 Å². The van der Waals surface area contributed by atoms with Crippen LogP contribution in [0, 0.1) is 11.8 Å². The molecule has 2 fully saturated rings. The van der Waals surface area contributed by atoms with Crippen molar-refractivity contribution in [2.45, 2.75) is 32.2 Å². The van der Waals surface area contributed by atoms with Crippen LogP contribution in [0.15, 0.2) is 30.3 Å². The van der Waals surface area contributed by atoms with Crippen LogP contribution >= 0.6 is 0 Å². The second-order valence-corrected chi connectivity index (χ2v) is 8.21. The molecule has 154 valence electrons. The van der Waals surface area contributed by atoms with Crippen LogP contribution in [0.2, 0.25) is 0 Å². The van der Waals surface area contributed by atoms with Gasteiger partial charge in [-0.05, 0) is 50.8 Å². The van der Waals surface area contributed by atoms with Gasteiger partial charge < -0.3 is 20.0 Å². The van der Waals surface area contributed by atoms with Crippen LogP contribution in [0.25, 0.3) is 0 Å². The standard InChI is InChI=1S/C22H34N4O2/c1-23-16-18-8-12-25(13-9-18)21(27)20-10-14-26(15-11-20)22(28)24(2)17-19-6-4-3-5-7-19/h3-7,18,20,23H,8-17H2,1-2H3. The number of amides is 3. The molecular weight excluding hydrogens is 352 g/mol. The van der Waals surface area contributed by atoms with Crippen molar-refractivity contribution in [1.29, 1.82) is 0 Å². The highest BCUT2D eigenvalue weighted by Gasteiger charge is 2.32. The summed E-state index contributed by atoms with van der Waals surface area (Å²) < 4.78 is 0. The van der Waals surface area contributed by atoms with Crippen LogP contribution in [0.1, 0.15) is 31.2 Å². The predicted octanol–water partition coefficient (Wildman–Crippen LogP) is 2.41. The summed E-state index contributed by atoms with van der Waals surface area (Å²) in [5.74, 6) is 1.06. The highest BCUT2D eigenvalue weighted by atomic mass is 16.2. The number of carbonyl (C=O) groups is 2. The molecule has 0 saturated carbocycles. The molecule has 6 heteroatoms. The Labute approximate surface area is 168 Å². The van der Waals surface area contributed by atoms with Gasteiger partial charge >= 0.3 is 6.03 Å². The van der Waals surface area contributed by atoms with Crippen molar-refractivity contribution < 1.29 is 9.59 Å². The molecule has 2 aliphatic heterocycles. The molecule has 2 aliphatic rings. The van der Waals surface area contributed by atoms with Crippen molar-refractivity contribution >= 4 is 11.9 Å². The number of benzene rings is 1. The molecule has 0 bridgehead atoms. The van der Waals surface area contributed by atoms with E-state index in [9.17, 15) is 9.59 Å². The number of urea groups is 1. The monoisotopic (exact) mass is 386 g/mol. The topological polar surface area (TPSA) is 55.9 Å². The van der Waals surface area contributed by atoms with Crippen LogP contribution in [0.5, 0.6) is 0 Å². The first-order valence-electron chi connectivity index (χ1n) is 10.6. The van der Waals surface area contributed by atoms with Gasteiger partial charge in [0.2, 0.25) is 5.91 Å². The van der Waals surface area contributed by atoms with Gasteiger partial charge in [0, 0.05) is 45.7 Å². The van der Waals surface area contributed by atoms with Gasteiger partial charge in [-0.25, -0.2) is 4.79 Å². The van der Waals surface area contributed by atoms with Crippen LogP contribution < -0.4 is 5.32 Å².